The van der Waals surface area contributed by atoms with E-state index in [4.69, 9.17) is 10.2 Å². The molecule has 0 unspecified atom stereocenters. The number of aromatic amines is 1. The smallest absolute Gasteiger partial charge is 0.292 e. The van der Waals surface area contributed by atoms with Gasteiger partial charge in [-0.15, -0.1) is 0 Å². The van der Waals surface area contributed by atoms with Gasteiger partial charge in [0.2, 0.25) is 0 Å². The lowest BCUT2D eigenvalue weighted by Gasteiger charge is -2.30. The first-order valence-electron chi connectivity index (χ1n) is 11.2. The van der Waals surface area contributed by atoms with Gasteiger partial charge in [-0.1, -0.05) is 18.2 Å². The number of halogens is 1. The van der Waals surface area contributed by atoms with E-state index in [2.05, 4.69) is 33.3 Å². The summed E-state index contributed by atoms with van der Waals surface area (Å²) in [6, 6.07) is 5.73. The number of nitrogens with one attached hydrogen (secondary N) is 2. The number of nitrogen functional groups attached to an aromatic ring is 1. The number of H-pyrrole nitrogens is 1. The van der Waals surface area contributed by atoms with Gasteiger partial charge in [-0.3, -0.25) is 14.3 Å². The molecule has 176 valence electrons. The van der Waals surface area contributed by atoms with Crippen molar-refractivity contribution in [2.75, 3.05) is 5.73 Å². The Kier molecular flexibility index (Phi) is 5.22. The number of rotatable bonds is 4. The van der Waals surface area contributed by atoms with Crippen molar-refractivity contribution >= 4 is 33.6 Å². The number of aromatic nitrogens is 4. The maximum Gasteiger partial charge on any atom is 0.292 e. The van der Waals surface area contributed by atoms with Gasteiger partial charge in [0.15, 0.2) is 22.9 Å². The molecule has 9 nitrogen and oxygen atoms in total. The summed E-state index contributed by atoms with van der Waals surface area (Å²) < 4.78 is 21.2. The Labute approximate surface area is 193 Å². The standard InChI is InChI=1S/C24H25FN6O3/c1-11-4-9-17-16(10-11)12(2)21(34-17)20-18-19(24(33)29-28-22(18)26)30-31(20)15-7-5-14(6-8-15)27-23(32)13(3)25/h4,9-10,14-15H,3,5-8H2,1-2H3,(H2,26,28)(H,27,32)(H,29,33). The van der Waals surface area contributed by atoms with E-state index in [-0.39, 0.29) is 23.4 Å². The van der Waals surface area contributed by atoms with Crippen LogP contribution in [0.15, 0.2) is 39.8 Å². The van der Waals surface area contributed by atoms with E-state index in [0.717, 1.165) is 22.1 Å². The predicted octanol–water partition coefficient (Wildman–Crippen LogP) is 3.81. The lowest BCUT2D eigenvalue weighted by Crippen LogP contribution is -2.38. The molecule has 0 saturated heterocycles. The fourth-order valence-corrected chi connectivity index (χ4v) is 4.83. The van der Waals surface area contributed by atoms with Crippen LogP contribution in [0.2, 0.25) is 0 Å². The highest BCUT2D eigenvalue weighted by Gasteiger charge is 2.31. The number of fused-ring (bicyclic) bond motifs is 2. The predicted molar refractivity (Wildman–Crippen MR) is 127 cm³/mol. The molecule has 1 fully saturated rings. The Hall–Kier alpha value is -3.95. The van der Waals surface area contributed by atoms with Crippen LogP contribution in [-0.4, -0.2) is 31.9 Å². The number of hydrogen-bond acceptors (Lipinski definition) is 6. The first-order chi connectivity index (χ1) is 16.2. The minimum Gasteiger partial charge on any atom is -0.454 e. The fraction of sp³-hybridized carbons (Fsp3) is 0.333. The second kappa shape index (κ2) is 8.12. The number of carbonyl (C=O) groups is 1. The summed E-state index contributed by atoms with van der Waals surface area (Å²) in [5.74, 6) is -1.03. The molecule has 3 heterocycles. The largest absolute Gasteiger partial charge is 0.454 e. The SMILES string of the molecule is C=C(F)C(=O)NC1CCC(n2nc3c(=O)[nH]nc(N)c3c2-c2oc3ccc(C)cc3c2C)CC1. The molecule has 3 aromatic heterocycles. The Bertz CT molecular complexity index is 1510. The Morgan fingerprint density at radius 1 is 1.29 bits per heavy atom. The highest BCUT2D eigenvalue weighted by Crippen LogP contribution is 2.41. The van der Waals surface area contributed by atoms with E-state index in [1.165, 1.54) is 0 Å². The first kappa shape index (κ1) is 21.9. The molecule has 5 rings (SSSR count). The third-order valence-electron chi connectivity index (χ3n) is 6.59. The van der Waals surface area contributed by atoms with Crippen LogP contribution < -0.4 is 16.6 Å². The summed E-state index contributed by atoms with van der Waals surface area (Å²) in [6.45, 7) is 7.03. The van der Waals surface area contributed by atoms with E-state index in [0.29, 0.717) is 42.5 Å². The maximum absolute atomic E-state index is 13.1. The molecule has 0 aliphatic heterocycles. The number of nitrogens with two attached hydrogens (primary N) is 1. The Morgan fingerprint density at radius 3 is 2.74 bits per heavy atom. The van der Waals surface area contributed by atoms with Gasteiger partial charge in [-0.2, -0.15) is 10.2 Å². The molecule has 0 atom stereocenters. The summed E-state index contributed by atoms with van der Waals surface area (Å²) in [7, 11) is 0. The molecule has 0 spiro atoms. The van der Waals surface area contributed by atoms with E-state index in [1.54, 1.807) is 0 Å². The lowest BCUT2D eigenvalue weighted by molar-refractivity contribution is -0.119. The number of aryl methyl sites for hydroxylation is 2. The molecule has 0 bridgehead atoms. The van der Waals surface area contributed by atoms with Gasteiger partial charge in [-0.25, -0.2) is 9.49 Å². The summed E-state index contributed by atoms with van der Waals surface area (Å²) in [5, 5.41) is 15.1. The minimum absolute atomic E-state index is 0.0720. The van der Waals surface area contributed by atoms with Gasteiger partial charge >= 0.3 is 0 Å². The van der Waals surface area contributed by atoms with Crippen molar-refractivity contribution < 1.29 is 13.6 Å². The maximum atomic E-state index is 13.1. The molecule has 1 aliphatic carbocycles. The second-order valence-corrected chi connectivity index (χ2v) is 8.89. The second-order valence-electron chi connectivity index (χ2n) is 8.89. The minimum atomic E-state index is -1.000. The molecule has 10 heteroatoms. The van der Waals surface area contributed by atoms with E-state index < -0.39 is 17.3 Å². The lowest BCUT2D eigenvalue weighted by atomic mass is 9.91. The van der Waals surface area contributed by atoms with Crippen LogP contribution in [0.5, 0.6) is 0 Å². The first-order valence-corrected chi connectivity index (χ1v) is 11.2. The van der Waals surface area contributed by atoms with Crippen molar-refractivity contribution in [1.29, 1.82) is 0 Å². The van der Waals surface area contributed by atoms with Crippen molar-refractivity contribution in [2.45, 2.75) is 51.6 Å². The molecule has 1 amide bonds. The third-order valence-corrected chi connectivity index (χ3v) is 6.59. The van der Waals surface area contributed by atoms with Crippen LogP contribution in [0.3, 0.4) is 0 Å². The zero-order chi connectivity index (χ0) is 24.1. The Morgan fingerprint density at radius 2 is 2.03 bits per heavy atom. The Balaban J connectivity index is 1.61. The van der Waals surface area contributed by atoms with Gasteiger partial charge < -0.3 is 15.5 Å². The van der Waals surface area contributed by atoms with Crippen LogP contribution in [-0.2, 0) is 4.79 Å². The number of amides is 1. The van der Waals surface area contributed by atoms with E-state index in [9.17, 15) is 14.0 Å². The number of furan rings is 1. The average molecular weight is 465 g/mol. The van der Waals surface area contributed by atoms with E-state index >= 15 is 0 Å². The van der Waals surface area contributed by atoms with Gasteiger partial charge in [0.1, 0.15) is 11.3 Å². The fourth-order valence-electron chi connectivity index (χ4n) is 4.83. The van der Waals surface area contributed by atoms with Crippen molar-refractivity contribution in [3.05, 3.63) is 52.1 Å². The quantitative estimate of drug-likeness (QED) is 0.394. The molecule has 4 aromatic rings. The van der Waals surface area contributed by atoms with Crippen LogP contribution >= 0.6 is 0 Å². The highest BCUT2D eigenvalue weighted by molar-refractivity contribution is 6.01. The number of benzene rings is 1. The van der Waals surface area contributed by atoms with Gasteiger partial charge in [0.25, 0.3) is 11.5 Å². The third kappa shape index (κ3) is 3.55. The van der Waals surface area contributed by atoms with Crippen molar-refractivity contribution in [2.24, 2.45) is 0 Å². The molecular formula is C24H25FN6O3. The van der Waals surface area contributed by atoms with Crippen LogP contribution in [0, 0.1) is 13.8 Å². The normalized spacial score (nSPS) is 18.4. The van der Waals surface area contributed by atoms with Crippen LogP contribution in [0.4, 0.5) is 10.2 Å². The summed E-state index contributed by atoms with van der Waals surface area (Å²) in [4.78, 5) is 24.2. The summed E-state index contributed by atoms with van der Waals surface area (Å²) in [5.41, 5.74) is 9.34. The topological polar surface area (TPSA) is 132 Å². The van der Waals surface area contributed by atoms with Crippen LogP contribution in [0.1, 0.15) is 42.9 Å². The van der Waals surface area contributed by atoms with Gasteiger partial charge in [0, 0.05) is 17.0 Å². The molecule has 0 radical (unpaired) electrons. The molecule has 4 N–H and O–H groups in total. The molecule has 1 aliphatic rings. The number of anilines is 1. The van der Waals surface area contributed by atoms with Gasteiger partial charge in [0.05, 0.1) is 11.4 Å². The summed E-state index contributed by atoms with van der Waals surface area (Å²) in [6.07, 6.45) is 2.58. The number of carbonyl (C=O) groups excluding carboxylic acids is 1. The highest BCUT2D eigenvalue weighted by atomic mass is 19.1. The molecule has 1 aromatic carbocycles. The average Bonchev–Trinajstić information content (AvgIpc) is 3.36. The summed E-state index contributed by atoms with van der Waals surface area (Å²) >= 11 is 0. The van der Waals surface area contributed by atoms with Crippen molar-refractivity contribution in [1.82, 2.24) is 25.3 Å². The van der Waals surface area contributed by atoms with E-state index in [1.807, 2.05) is 30.7 Å². The van der Waals surface area contributed by atoms with Crippen LogP contribution in [0.25, 0.3) is 33.3 Å². The van der Waals surface area contributed by atoms with Crippen molar-refractivity contribution in [3.63, 3.8) is 0 Å². The zero-order valence-corrected chi connectivity index (χ0v) is 18.9. The number of hydrogen-bond donors (Lipinski definition) is 3. The molecular weight excluding hydrogens is 439 g/mol. The van der Waals surface area contributed by atoms with Crippen molar-refractivity contribution in [3.8, 4) is 11.5 Å². The zero-order valence-electron chi connectivity index (χ0n) is 18.9. The van der Waals surface area contributed by atoms with Gasteiger partial charge in [-0.05, 0) is 51.7 Å². The molecule has 1 saturated carbocycles. The molecule has 34 heavy (non-hydrogen) atoms. The number of nitrogens with zero attached hydrogens (tertiary/aromatic N) is 3. The monoisotopic (exact) mass is 464 g/mol.